The van der Waals surface area contributed by atoms with E-state index in [9.17, 15) is 8.78 Å². The molecule has 0 saturated carbocycles. The number of rotatable bonds is 7. The van der Waals surface area contributed by atoms with Gasteiger partial charge in [-0.2, -0.15) is 33.9 Å². The number of fused-ring (bicyclic) bond motifs is 1. The number of anilines is 2. The molecule has 11 heteroatoms. The third kappa shape index (κ3) is 4.16. The van der Waals surface area contributed by atoms with E-state index in [1.54, 1.807) is 12.1 Å². The van der Waals surface area contributed by atoms with Gasteiger partial charge in [-0.3, -0.25) is 4.68 Å². The molecule has 0 aliphatic rings. The van der Waals surface area contributed by atoms with Gasteiger partial charge < -0.3 is 10.6 Å². The van der Waals surface area contributed by atoms with Crippen molar-refractivity contribution in [2.24, 2.45) is 12.9 Å². The number of alkyl halides is 2. The second-order valence-electron chi connectivity index (χ2n) is 7.13. The maximum absolute atomic E-state index is 13.1. The molecule has 0 aliphatic carbocycles. The quantitative estimate of drug-likeness (QED) is 0.456. The minimum atomic E-state index is -2.81. The molecule has 0 fully saturated rings. The van der Waals surface area contributed by atoms with Gasteiger partial charge in [-0.25, -0.2) is 4.68 Å². The van der Waals surface area contributed by atoms with Gasteiger partial charge in [-0.1, -0.05) is 26.0 Å². The van der Waals surface area contributed by atoms with Gasteiger partial charge in [-0.05, 0) is 18.1 Å². The van der Waals surface area contributed by atoms with E-state index in [-0.39, 0.29) is 23.6 Å². The largest absolute Gasteiger partial charge is 0.357 e. The average molecular weight is 433 g/mol. The van der Waals surface area contributed by atoms with Crippen LogP contribution in [0.5, 0.6) is 0 Å². The maximum Gasteiger partial charge on any atom is 0.333 e. The fourth-order valence-electron chi connectivity index (χ4n) is 3.13. The molecule has 1 aromatic carbocycles. The van der Waals surface area contributed by atoms with Crippen molar-refractivity contribution in [3.8, 4) is 11.4 Å². The predicted molar refractivity (Wildman–Crippen MR) is 114 cm³/mol. The molecule has 0 spiro atoms. The highest BCUT2D eigenvalue weighted by Gasteiger charge is 2.22. The second-order valence-corrected chi connectivity index (χ2v) is 7.13. The summed E-state index contributed by atoms with van der Waals surface area (Å²) in [5.74, 6) is -0.403. The zero-order chi connectivity index (χ0) is 27.1. The molecule has 0 radical (unpaired) electrons. The Morgan fingerprint density at radius 1 is 1.10 bits per heavy atom. The summed E-state index contributed by atoms with van der Waals surface area (Å²) in [6.07, 6.45) is 2.57. The lowest BCUT2D eigenvalue weighted by molar-refractivity contribution is 0.0559. The van der Waals surface area contributed by atoms with Gasteiger partial charge in [0.05, 0.1) is 23.4 Å². The second kappa shape index (κ2) is 8.25. The summed E-state index contributed by atoms with van der Waals surface area (Å²) < 4.78 is 73.2. The summed E-state index contributed by atoms with van der Waals surface area (Å²) in [6, 6.07) is 5.64. The molecule has 3 aromatic heterocycles. The van der Waals surface area contributed by atoms with Gasteiger partial charge in [0.1, 0.15) is 0 Å². The molecule has 31 heavy (non-hydrogen) atoms. The molecule has 9 nitrogen and oxygen atoms in total. The summed E-state index contributed by atoms with van der Waals surface area (Å²) in [5, 5.41) is 13.7. The van der Waals surface area contributed by atoms with E-state index in [2.05, 4.69) is 35.8 Å². The van der Waals surface area contributed by atoms with Crippen LogP contribution in [0.2, 0.25) is 0 Å². The van der Waals surface area contributed by atoms with Crippen molar-refractivity contribution in [1.29, 1.82) is 0 Å². The standard InChI is InChI=1S/C20H23F2N9/c1-11(2)16(14-7-8-31(29-14)18(21)22)25-20-27-17(26-19(23-3)28-20)12-5-6-13-10-24-30(4)15(13)9-12/h5-11,16,18H,1-4H3,(H2,23,25,26,27,28)/t16-/m1/s1/i3D3,4D3. The van der Waals surface area contributed by atoms with Crippen molar-refractivity contribution in [2.45, 2.75) is 26.4 Å². The van der Waals surface area contributed by atoms with E-state index in [4.69, 9.17) is 8.22 Å². The van der Waals surface area contributed by atoms with Crippen molar-refractivity contribution in [1.82, 2.24) is 34.5 Å². The first kappa shape index (κ1) is 14.4. The molecule has 0 aliphatic heterocycles. The Morgan fingerprint density at radius 3 is 2.65 bits per heavy atom. The number of benzene rings is 1. The lowest BCUT2D eigenvalue weighted by atomic mass is 10.0. The van der Waals surface area contributed by atoms with E-state index in [1.807, 2.05) is 13.8 Å². The highest BCUT2D eigenvalue weighted by molar-refractivity contribution is 5.83. The van der Waals surface area contributed by atoms with Gasteiger partial charge in [0.2, 0.25) is 11.9 Å². The van der Waals surface area contributed by atoms with Crippen molar-refractivity contribution in [2.75, 3.05) is 17.6 Å². The zero-order valence-electron chi connectivity index (χ0n) is 22.6. The predicted octanol–water partition coefficient (Wildman–Crippen LogP) is 3.87. The van der Waals surface area contributed by atoms with E-state index in [1.165, 1.54) is 18.3 Å². The lowest BCUT2D eigenvalue weighted by Crippen LogP contribution is -2.20. The van der Waals surface area contributed by atoms with Crippen LogP contribution in [0, 0.1) is 5.92 Å². The van der Waals surface area contributed by atoms with E-state index >= 15 is 0 Å². The van der Waals surface area contributed by atoms with Crippen LogP contribution in [-0.2, 0) is 6.98 Å². The monoisotopic (exact) mass is 433 g/mol. The van der Waals surface area contributed by atoms with Crippen LogP contribution >= 0.6 is 0 Å². The van der Waals surface area contributed by atoms with Crippen LogP contribution in [-0.4, -0.2) is 41.5 Å². The van der Waals surface area contributed by atoms with Gasteiger partial charge in [0.15, 0.2) is 5.82 Å². The normalized spacial score (nSPS) is 16.3. The average Bonchev–Trinajstić information content (AvgIpc) is 3.42. The number of hydrogen-bond acceptors (Lipinski definition) is 7. The van der Waals surface area contributed by atoms with Crippen LogP contribution in [0.3, 0.4) is 0 Å². The first-order valence-electron chi connectivity index (χ1n) is 12.3. The Morgan fingerprint density at radius 2 is 1.94 bits per heavy atom. The molecular weight excluding hydrogens is 404 g/mol. The van der Waals surface area contributed by atoms with Crippen LogP contribution in [0.4, 0.5) is 20.7 Å². The summed E-state index contributed by atoms with van der Waals surface area (Å²) in [4.78, 5) is 12.7. The topological polar surface area (TPSA) is 98.4 Å². The number of aromatic nitrogens is 7. The molecule has 0 bridgehead atoms. The van der Waals surface area contributed by atoms with Crippen molar-refractivity contribution in [3.63, 3.8) is 0 Å². The van der Waals surface area contributed by atoms with Crippen LogP contribution in [0.15, 0.2) is 36.7 Å². The third-order valence-electron chi connectivity index (χ3n) is 4.68. The first-order valence-corrected chi connectivity index (χ1v) is 9.34. The highest BCUT2D eigenvalue weighted by atomic mass is 19.3. The Hall–Kier alpha value is -3.63. The Balaban J connectivity index is 1.78. The minimum absolute atomic E-state index is 0.0357. The maximum atomic E-state index is 13.1. The Kier molecular flexibility index (Phi) is 3.83. The van der Waals surface area contributed by atoms with Crippen molar-refractivity contribution >= 4 is 22.8 Å². The van der Waals surface area contributed by atoms with Gasteiger partial charge in [0.25, 0.3) is 0 Å². The number of hydrogen-bond donors (Lipinski definition) is 2. The number of halogens is 2. The smallest absolute Gasteiger partial charge is 0.333 e. The van der Waals surface area contributed by atoms with E-state index < -0.39 is 26.5 Å². The van der Waals surface area contributed by atoms with Gasteiger partial charge in [0, 0.05) is 39.3 Å². The van der Waals surface area contributed by atoms with Crippen LogP contribution in [0.1, 0.15) is 40.4 Å². The molecule has 0 amide bonds. The van der Waals surface area contributed by atoms with Gasteiger partial charge in [-0.15, -0.1) is 0 Å². The molecule has 162 valence electrons. The molecule has 4 rings (SSSR count). The number of nitrogens with one attached hydrogen (secondary N) is 2. The summed E-state index contributed by atoms with van der Waals surface area (Å²) in [6.45, 7) is -4.27. The highest BCUT2D eigenvalue weighted by Crippen LogP contribution is 2.27. The van der Waals surface area contributed by atoms with Crippen LogP contribution < -0.4 is 10.6 Å². The number of nitrogens with zero attached hydrogens (tertiary/aromatic N) is 7. The van der Waals surface area contributed by atoms with E-state index in [0.717, 1.165) is 10.9 Å². The van der Waals surface area contributed by atoms with Gasteiger partial charge >= 0.3 is 6.55 Å². The molecule has 1 atom stereocenters. The molecule has 0 saturated heterocycles. The third-order valence-corrected chi connectivity index (χ3v) is 4.68. The fourth-order valence-corrected chi connectivity index (χ4v) is 3.13. The molecular formula is C20H23F2N9. The Labute approximate surface area is 186 Å². The summed E-state index contributed by atoms with van der Waals surface area (Å²) in [5.41, 5.74) is 0.988. The molecule has 4 aromatic rings. The number of aryl methyl sites for hydroxylation is 1. The summed E-state index contributed by atoms with van der Waals surface area (Å²) in [7, 11) is 0. The molecule has 3 heterocycles. The molecule has 2 N–H and O–H groups in total. The Bertz CT molecular complexity index is 1400. The lowest BCUT2D eigenvalue weighted by Gasteiger charge is -2.21. The first-order chi connectivity index (χ1) is 17.2. The summed E-state index contributed by atoms with van der Waals surface area (Å²) >= 11 is 0. The van der Waals surface area contributed by atoms with Crippen molar-refractivity contribution < 1.29 is 17.0 Å². The fraction of sp³-hybridized carbons (Fsp3) is 0.350. The minimum Gasteiger partial charge on any atom is -0.357 e. The van der Waals surface area contributed by atoms with E-state index in [0.29, 0.717) is 26.8 Å². The van der Waals surface area contributed by atoms with Crippen LogP contribution in [0.25, 0.3) is 22.3 Å². The zero-order valence-corrected chi connectivity index (χ0v) is 16.6. The molecule has 0 unspecified atom stereocenters. The SMILES string of the molecule is [2H]C([2H])([2H])Nc1nc(N[C@@H](c2ccn(C(F)F)n2)C(C)C)nc(-c2ccc3cnn(C([2H])([2H])[2H])c3c2)n1. The van der Waals surface area contributed by atoms with Crippen molar-refractivity contribution in [3.05, 3.63) is 42.4 Å².